The van der Waals surface area contributed by atoms with Gasteiger partial charge in [0.1, 0.15) is 17.0 Å². The van der Waals surface area contributed by atoms with E-state index in [4.69, 9.17) is 14.2 Å². The third-order valence-corrected chi connectivity index (χ3v) is 3.99. The summed E-state index contributed by atoms with van der Waals surface area (Å²) in [5.74, 6) is 0.345. The average Bonchev–Trinajstić information content (AvgIpc) is 2.58. The van der Waals surface area contributed by atoms with Crippen molar-refractivity contribution in [2.45, 2.75) is 91.0 Å². The summed E-state index contributed by atoms with van der Waals surface area (Å²) in [5.41, 5.74) is 0.101. The lowest BCUT2D eigenvalue weighted by Gasteiger charge is -2.23. The van der Waals surface area contributed by atoms with Crippen molar-refractivity contribution >= 4 is 11.9 Å². The Morgan fingerprint density at radius 3 is 1.69 bits per heavy atom. The predicted octanol–water partition coefficient (Wildman–Crippen LogP) is 4.40. The molecule has 0 aromatic heterocycles. The molecule has 1 rings (SSSR count). The summed E-state index contributed by atoms with van der Waals surface area (Å²) in [7, 11) is 1.64. The molecule has 29 heavy (non-hydrogen) atoms. The number of carbonyl (C=O) groups excluding carboxylic acids is 2. The minimum absolute atomic E-state index is 0.00265. The van der Waals surface area contributed by atoms with E-state index in [-0.39, 0.29) is 18.0 Å². The van der Waals surface area contributed by atoms with Gasteiger partial charge in [0.15, 0.2) is 0 Å². The first-order valence-electron chi connectivity index (χ1n) is 10.2. The smallest absolute Gasteiger partial charge is 0.306 e. The topological polar surface area (TPSA) is 73.9 Å². The highest BCUT2D eigenvalue weighted by atomic mass is 16.6. The molecule has 1 aromatic carbocycles. The number of methoxy groups -OCH3 is 1. The van der Waals surface area contributed by atoms with Gasteiger partial charge in [0.25, 0.3) is 0 Å². The number of hydrogen-bond acceptors (Lipinski definition) is 6. The van der Waals surface area contributed by atoms with Crippen LogP contribution in [0.15, 0.2) is 24.3 Å². The second-order valence-electron chi connectivity index (χ2n) is 9.18. The van der Waals surface area contributed by atoms with E-state index in [1.165, 1.54) is 0 Å². The van der Waals surface area contributed by atoms with Gasteiger partial charge in [-0.3, -0.25) is 9.59 Å². The number of hydrogen-bond donors (Lipinski definition) is 1. The maximum atomic E-state index is 12.1. The van der Waals surface area contributed by atoms with Crippen LogP contribution >= 0.6 is 0 Å². The maximum absolute atomic E-state index is 12.1. The summed E-state index contributed by atoms with van der Waals surface area (Å²) in [4.78, 5) is 24.2. The van der Waals surface area contributed by atoms with Crippen molar-refractivity contribution in [3.8, 4) is 5.75 Å². The molecular weight excluding hydrogens is 370 g/mol. The van der Waals surface area contributed by atoms with E-state index in [0.717, 1.165) is 11.3 Å². The van der Waals surface area contributed by atoms with E-state index in [1.807, 2.05) is 65.8 Å². The van der Waals surface area contributed by atoms with Gasteiger partial charge in [0.2, 0.25) is 0 Å². The average molecular weight is 408 g/mol. The molecule has 6 nitrogen and oxygen atoms in total. The van der Waals surface area contributed by atoms with Crippen molar-refractivity contribution < 1.29 is 23.8 Å². The van der Waals surface area contributed by atoms with E-state index in [9.17, 15) is 9.59 Å². The normalized spacial score (nSPS) is 12.0. The molecule has 0 fully saturated rings. The van der Waals surface area contributed by atoms with Crippen molar-refractivity contribution in [1.29, 1.82) is 0 Å². The van der Waals surface area contributed by atoms with E-state index in [2.05, 4.69) is 5.32 Å². The zero-order valence-corrected chi connectivity index (χ0v) is 19.0. The van der Waals surface area contributed by atoms with Crippen molar-refractivity contribution in [2.75, 3.05) is 7.11 Å². The fraction of sp³-hybridized carbons (Fsp3) is 0.652. The highest BCUT2D eigenvalue weighted by molar-refractivity contribution is 5.70. The van der Waals surface area contributed by atoms with E-state index in [0.29, 0.717) is 32.2 Å². The van der Waals surface area contributed by atoms with Crippen LogP contribution in [0.1, 0.15) is 72.8 Å². The van der Waals surface area contributed by atoms with Crippen LogP contribution in [0.5, 0.6) is 5.75 Å². The zero-order valence-electron chi connectivity index (χ0n) is 19.0. The lowest BCUT2D eigenvalue weighted by atomic mass is 10.0. The van der Waals surface area contributed by atoms with Crippen LogP contribution in [0, 0.1) is 0 Å². The third kappa shape index (κ3) is 12.2. The van der Waals surface area contributed by atoms with Crippen molar-refractivity contribution in [3.05, 3.63) is 29.8 Å². The quantitative estimate of drug-likeness (QED) is 0.580. The van der Waals surface area contributed by atoms with Crippen LogP contribution in [-0.4, -0.2) is 36.3 Å². The van der Waals surface area contributed by atoms with Gasteiger partial charge in [0.05, 0.1) is 7.11 Å². The highest BCUT2D eigenvalue weighted by Gasteiger charge is 2.20. The molecule has 0 spiro atoms. The van der Waals surface area contributed by atoms with Gasteiger partial charge in [0, 0.05) is 25.4 Å². The molecule has 1 aromatic rings. The molecule has 0 amide bonds. The van der Waals surface area contributed by atoms with Crippen LogP contribution in [0.3, 0.4) is 0 Å². The molecule has 6 heteroatoms. The number of ether oxygens (including phenoxy) is 3. The lowest BCUT2D eigenvalue weighted by molar-refractivity contribution is -0.155. The molecule has 0 aliphatic rings. The molecule has 0 unspecified atom stereocenters. The molecule has 0 aliphatic carbocycles. The first-order valence-corrected chi connectivity index (χ1v) is 10.2. The number of carbonyl (C=O) groups is 2. The van der Waals surface area contributed by atoms with Gasteiger partial charge in [-0.05, 0) is 72.1 Å². The van der Waals surface area contributed by atoms with Gasteiger partial charge >= 0.3 is 11.9 Å². The minimum atomic E-state index is -0.500. The standard InChI is InChI=1S/C23H37NO5/c1-22(2,3)28-20(25)14-10-18(11-15-21(26)29-23(4,5)6)24-16-17-8-12-19(27-7)13-9-17/h8-9,12-13,18,24H,10-11,14-16H2,1-7H3. The maximum Gasteiger partial charge on any atom is 0.306 e. The van der Waals surface area contributed by atoms with Crippen molar-refractivity contribution in [1.82, 2.24) is 5.32 Å². The fourth-order valence-electron chi connectivity index (χ4n) is 2.72. The number of nitrogens with one attached hydrogen (secondary N) is 1. The largest absolute Gasteiger partial charge is 0.497 e. The molecule has 0 bridgehead atoms. The SMILES string of the molecule is COc1ccc(CNC(CCC(=O)OC(C)(C)C)CCC(=O)OC(C)(C)C)cc1. The fourth-order valence-corrected chi connectivity index (χ4v) is 2.72. The zero-order chi connectivity index (χ0) is 22.1. The third-order valence-electron chi connectivity index (χ3n) is 3.99. The molecule has 0 aliphatic heterocycles. The highest BCUT2D eigenvalue weighted by Crippen LogP contribution is 2.16. The summed E-state index contributed by atoms with van der Waals surface area (Å²) in [6, 6.07) is 7.80. The Bertz CT molecular complexity index is 609. The Hall–Kier alpha value is -2.08. The second-order valence-corrected chi connectivity index (χ2v) is 9.18. The van der Waals surface area contributed by atoms with Crippen molar-refractivity contribution in [2.24, 2.45) is 0 Å². The summed E-state index contributed by atoms with van der Waals surface area (Å²) >= 11 is 0. The predicted molar refractivity (Wildman–Crippen MR) is 114 cm³/mol. The van der Waals surface area contributed by atoms with Crippen LogP contribution < -0.4 is 10.1 Å². The summed E-state index contributed by atoms with van der Waals surface area (Å²) < 4.78 is 16.0. The summed E-state index contributed by atoms with van der Waals surface area (Å²) in [5, 5.41) is 3.45. The van der Waals surface area contributed by atoms with Gasteiger partial charge in [-0.25, -0.2) is 0 Å². The Morgan fingerprint density at radius 2 is 1.31 bits per heavy atom. The molecule has 0 heterocycles. The second kappa shape index (κ2) is 11.2. The first kappa shape index (κ1) is 25.0. The number of rotatable bonds is 10. The molecule has 0 atom stereocenters. The van der Waals surface area contributed by atoms with Gasteiger partial charge in [-0.2, -0.15) is 0 Å². The van der Waals surface area contributed by atoms with E-state index in [1.54, 1.807) is 7.11 Å². The molecule has 164 valence electrons. The molecule has 0 saturated carbocycles. The van der Waals surface area contributed by atoms with Gasteiger partial charge < -0.3 is 19.5 Å². The van der Waals surface area contributed by atoms with Gasteiger partial charge in [-0.1, -0.05) is 12.1 Å². The molecule has 0 radical (unpaired) electrons. The molecular formula is C23H37NO5. The Labute approximate surface area is 175 Å². The Morgan fingerprint density at radius 1 is 0.862 bits per heavy atom. The minimum Gasteiger partial charge on any atom is -0.497 e. The Kier molecular flexibility index (Phi) is 9.63. The van der Waals surface area contributed by atoms with Crippen LogP contribution in [0.25, 0.3) is 0 Å². The molecule has 1 N–H and O–H groups in total. The lowest BCUT2D eigenvalue weighted by Crippen LogP contribution is -2.32. The van der Waals surface area contributed by atoms with Crippen LogP contribution in [0.2, 0.25) is 0 Å². The van der Waals surface area contributed by atoms with Crippen molar-refractivity contribution in [3.63, 3.8) is 0 Å². The summed E-state index contributed by atoms with van der Waals surface area (Å²) in [6.45, 7) is 11.8. The van der Waals surface area contributed by atoms with E-state index < -0.39 is 11.2 Å². The van der Waals surface area contributed by atoms with Crippen LogP contribution in [0.4, 0.5) is 0 Å². The number of benzene rings is 1. The van der Waals surface area contributed by atoms with Gasteiger partial charge in [-0.15, -0.1) is 0 Å². The Balaban J connectivity index is 2.63. The summed E-state index contributed by atoms with van der Waals surface area (Å²) in [6.07, 6.45) is 1.78. The monoisotopic (exact) mass is 407 g/mol. The van der Waals surface area contributed by atoms with E-state index >= 15 is 0 Å². The first-order chi connectivity index (χ1) is 13.4. The molecule has 0 saturated heterocycles. The van der Waals surface area contributed by atoms with Crippen LogP contribution in [-0.2, 0) is 25.6 Å². The number of esters is 2.